The lowest BCUT2D eigenvalue weighted by molar-refractivity contribution is -0.0748. The van der Waals surface area contributed by atoms with Crippen molar-refractivity contribution in [2.75, 3.05) is 0 Å². The predicted octanol–water partition coefficient (Wildman–Crippen LogP) is 10.3. The first-order valence-electron chi connectivity index (χ1n) is 15.4. The van der Waals surface area contributed by atoms with Gasteiger partial charge < -0.3 is 9.47 Å². The normalized spacial score (nSPS) is 22.8. The molecule has 0 spiro atoms. The minimum absolute atomic E-state index is 0.463. The Kier molecular flexibility index (Phi) is 11.8. The first-order valence-corrected chi connectivity index (χ1v) is 19.8. The maximum Gasteiger partial charge on any atom is 0.201 e. The molecule has 1 aliphatic heterocycles. The van der Waals surface area contributed by atoms with E-state index < -0.39 is 33.6 Å². The monoisotopic (exact) mass is 586 g/mol. The summed E-state index contributed by atoms with van der Waals surface area (Å²) in [6.07, 6.45) is 2.99. The smallest absolute Gasteiger partial charge is 0.201 e. The highest BCUT2D eigenvalue weighted by Crippen LogP contribution is 2.49. The molecular weight excluding hydrogens is 533 g/mol. The van der Waals surface area contributed by atoms with E-state index in [1.54, 1.807) is 0 Å². The van der Waals surface area contributed by atoms with Crippen molar-refractivity contribution in [2.45, 2.75) is 134 Å². The molecule has 1 aromatic rings. The van der Waals surface area contributed by atoms with E-state index >= 15 is 0 Å². The maximum absolute atomic E-state index is 6.91. The minimum atomic E-state index is -2.13. The van der Waals surface area contributed by atoms with Crippen molar-refractivity contribution in [1.82, 2.24) is 0 Å². The summed E-state index contributed by atoms with van der Waals surface area (Å²) in [6.45, 7) is 35.8. The Morgan fingerprint density at radius 2 is 0.927 bits per heavy atom. The Morgan fingerprint density at radius 3 is 1.20 bits per heavy atom. The van der Waals surface area contributed by atoms with Gasteiger partial charge in [0, 0.05) is 17.7 Å². The van der Waals surface area contributed by atoms with E-state index in [1.807, 2.05) is 42.5 Å². The fraction of sp³-hybridized carbons (Fsp3) is 0.568. The van der Waals surface area contributed by atoms with Crippen LogP contribution in [0.3, 0.4) is 0 Å². The molecule has 0 aliphatic carbocycles. The lowest BCUT2D eigenvalue weighted by Crippen LogP contribution is -2.50. The quantitative estimate of drug-likeness (QED) is 0.163. The van der Waals surface area contributed by atoms with Gasteiger partial charge in [0.2, 0.25) is 11.2 Å². The van der Waals surface area contributed by atoms with Crippen LogP contribution in [0.1, 0.15) is 94.9 Å². The van der Waals surface area contributed by atoms with Crippen LogP contribution in [0.2, 0.25) is 33.2 Å². The summed E-state index contributed by atoms with van der Waals surface area (Å²) >= 11 is 0. The third-order valence-corrected chi connectivity index (χ3v) is 22.1. The van der Waals surface area contributed by atoms with E-state index in [4.69, 9.17) is 9.47 Å². The third kappa shape index (κ3) is 6.40. The molecule has 1 saturated heterocycles. The fourth-order valence-corrected chi connectivity index (χ4v) is 18.0. The first kappa shape index (κ1) is 34.9. The topological polar surface area (TPSA) is 18.5 Å². The van der Waals surface area contributed by atoms with Crippen LogP contribution in [-0.4, -0.2) is 27.3 Å². The summed E-state index contributed by atoms with van der Waals surface area (Å²) in [5.74, 6) is 7.40. The molecule has 2 atom stereocenters. The number of ether oxygens (including phenoxy) is 2. The van der Waals surface area contributed by atoms with Gasteiger partial charge in [-0.1, -0.05) is 138 Å². The second kappa shape index (κ2) is 13.8. The van der Waals surface area contributed by atoms with E-state index in [-0.39, 0.29) is 0 Å². The van der Waals surface area contributed by atoms with Crippen LogP contribution in [0.25, 0.3) is 0 Å². The molecule has 2 rings (SSSR count). The van der Waals surface area contributed by atoms with Crippen molar-refractivity contribution in [3.8, 4) is 22.9 Å². The highest BCUT2D eigenvalue weighted by atomic mass is 28.3. The second-order valence-corrected chi connectivity index (χ2v) is 24.6. The van der Waals surface area contributed by atoms with Crippen LogP contribution >= 0.6 is 0 Å². The molecule has 1 fully saturated rings. The summed E-state index contributed by atoms with van der Waals surface area (Å²) in [5.41, 5.74) is 15.1. The van der Waals surface area contributed by atoms with Gasteiger partial charge in [-0.2, -0.15) is 0 Å². The molecule has 0 unspecified atom stereocenters. The lowest BCUT2D eigenvalue weighted by Gasteiger charge is -2.39. The van der Waals surface area contributed by atoms with Crippen molar-refractivity contribution in [3.63, 3.8) is 0 Å². The van der Waals surface area contributed by atoms with Crippen molar-refractivity contribution >= 4 is 16.1 Å². The Balaban J connectivity index is 3.08. The number of rotatable bonds is 9. The van der Waals surface area contributed by atoms with Gasteiger partial charge in [-0.15, -0.1) is 22.5 Å². The average molecular weight is 587 g/mol. The van der Waals surface area contributed by atoms with Crippen LogP contribution in [0.15, 0.2) is 67.1 Å². The molecule has 0 aromatic heterocycles. The zero-order chi connectivity index (χ0) is 31.2. The Bertz CT molecular complexity index is 1130. The van der Waals surface area contributed by atoms with Crippen molar-refractivity contribution in [3.05, 3.63) is 72.7 Å². The molecule has 0 N–H and O–H groups in total. The summed E-state index contributed by atoms with van der Waals surface area (Å²) in [6, 6.07) is 10.0. The Morgan fingerprint density at radius 1 is 0.610 bits per heavy atom. The maximum atomic E-state index is 6.91. The van der Waals surface area contributed by atoms with E-state index in [9.17, 15) is 0 Å². The van der Waals surface area contributed by atoms with Crippen LogP contribution in [0.5, 0.6) is 0 Å². The van der Waals surface area contributed by atoms with E-state index in [1.165, 1.54) is 0 Å². The van der Waals surface area contributed by atoms with Crippen molar-refractivity contribution < 1.29 is 9.47 Å². The average Bonchev–Trinajstić information content (AvgIpc) is 3.18. The summed E-state index contributed by atoms with van der Waals surface area (Å²) < 4.78 is 13.8. The van der Waals surface area contributed by atoms with Crippen molar-refractivity contribution in [2.24, 2.45) is 0 Å². The molecule has 1 aromatic carbocycles. The SMILES string of the molecule is C=C=C[C@@]1(C#C[Si](C(C)C)(C(C)C)C(C)C)OC(c2ccccc2)O[C@]1(C#C[Si](C(C)C)(C(C)C)C(C)C)C=C=C. The second-order valence-electron chi connectivity index (χ2n) is 13.4. The van der Waals surface area contributed by atoms with Gasteiger partial charge in [0.05, 0.1) is 0 Å². The van der Waals surface area contributed by atoms with Gasteiger partial charge in [-0.3, -0.25) is 0 Å². The molecule has 0 saturated carbocycles. The lowest BCUT2D eigenvalue weighted by atomic mass is 9.83. The molecule has 0 radical (unpaired) electrons. The summed E-state index contributed by atoms with van der Waals surface area (Å²) in [5, 5.41) is 0. The highest BCUT2D eigenvalue weighted by Gasteiger charge is 2.59. The number of hydrogen-bond donors (Lipinski definition) is 0. The molecule has 2 nitrogen and oxygen atoms in total. The largest absolute Gasteiger partial charge is 0.320 e. The molecule has 0 bridgehead atoms. The summed E-state index contributed by atoms with van der Waals surface area (Å²) in [7, 11) is -4.25. The van der Waals surface area contributed by atoms with Gasteiger partial charge in [0.25, 0.3) is 0 Å². The number of hydrogen-bond acceptors (Lipinski definition) is 2. The van der Waals surface area contributed by atoms with Gasteiger partial charge in [-0.05, 0) is 33.2 Å². The van der Waals surface area contributed by atoms with Gasteiger partial charge >= 0.3 is 0 Å². The predicted molar refractivity (Wildman–Crippen MR) is 182 cm³/mol. The zero-order valence-electron chi connectivity index (χ0n) is 27.8. The molecule has 1 aliphatic rings. The van der Waals surface area contributed by atoms with Gasteiger partial charge in [0.15, 0.2) is 6.29 Å². The first-order chi connectivity index (χ1) is 19.1. The van der Waals surface area contributed by atoms with E-state index in [0.29, 0.717) is 33.2 Å². The standard InChI is InChI=1S/C37H54O2Si2/c1-15-22-36(24-26-40(28(3)4,29(5)6)30(7)8)37(23-16-2,39-35(38-36)34-20-18-17-19-21-34)25-27-41(31(9)10,32(11)12)33(13)14/h17-23,28-33,35H,1-2H2,3-14H3/t36-,37-/m0/s1. The number of benzene rings is 1. The summed E-state index contributed by atoms with van der Waals surface area (Å²) in [4.78, 5) is 0. The van der Waals surface area contributed by atoms with E-state index in [2.05, 4.69) is 131 Å². The molecular formula is C37H54O2Si2. The molecule has 222 valence electrons. The van der Waals surface area contributed by atoms with Crippen molar-refractivity contribution in [1.29, 1.82) is 0 Å². The van der Waals surface area contributed by atoms with E-state index in [0.717, 1.165) is 5.56 Å². The molecule has 1 heterocycles. The minimum Gasteiger partial charge on any atom is -0.320 e. The third-order valence-electron chi connectivity index (χ3n) is 9.48. The fourth-order valence-electron chi connectivity index (χ4n) is 7.44. The van der Waals surface area contributed by atoms with Crippen LogP contribution < -0.4 is 0 Å². The molecule has 41 heavy (non-hydrogen) atoms. The molecule has 0 amide bonds. The molecule has 4 heteroatoms. The Labute approximate surface area is 254 Å². The Hall–Kier alpha value is -2.27. The van der Waals surface area contributed by atoms with Crippen LogP contribution in [0, 0.1) is 22.9 Å². The van der Waals surface area contributed by atoms with Gasteiger partial charge in [-0.25, -0.2) is 0 Å². The van der Waals surface area contributed by atoms with Gasteiger partial charge in [0.1, 0.15) is 16.1 Å². The van der Waals surface area contributed by atoms with Crippen LogP contribution in [-0.2, 0) is 9.47 Å². The highest BCUT2D eigenvalue weighted by molar-refractivity contribution is 6.91. The zero-order valence-corrected chi connectivity index (χ0v) is 29.8. The van der Waals surface area contributed by atoms with Crippen LogP contribution in [0.4, 0.5) is 0 Å².